The van der Waals surface area contributed by atoms with Gasteiger partial charge in [-0.2, -0.15) is 0 Å². The third kappa shape index (κ3) is 4.70. The van der Waals surface area contributed by atoms with Gasteiger partial charge in [-0.15, -0.1) is 0 Å². The third-order valence-electron chi connectivity index (χ3n) is 6.30. The second kappa shape index (κ2) is 9.09. The van der Waals surface area contributed by atoms with E-state index in [4.69, 9.17) is 4.74 Å². The fraction of sp³-hybridized carbons (Fsp3) is 0.667. The number of nitro benzene ring substituents is 1. The third-order valence-corrected chi connectivity index (χ3v) is 6.30. The number of piperidine rings is 1. The van der Waals surface area contributed by atoms with Crippen molar-refractivity contribution in [2.75, 3.05) is 63.9 Å². The minimum absolute atomic E-state index is 0.0903. The van der Waals surface area contributed by atoms with Crippen molar-refractivity contribution in [2.24, 2.45) is 5.92 Å². The van der Waals surface area contributed by atoms with Crippen molar-refractivity contribution in [3.8, 4) is 0 Å². The molecule has 0 spiro atoms. The van der Waals surface area contributed by atoms with Gasteiger partial charge in [-0.3, -0.25) is 19.8 Å². The number of carbonyl (C=O) groups excluding carboxylic acids is 1. The highest BCUT2D eigenvalue weighted by molar-refractivity contribution is 5.99. The number of anilines is 1. The highest BCUT2D eigenvalue weighted by atomic mass is 16.6. The van der Waals surface area contributed by atoms with E-state index < -0.39 is 4.92 Å². The van der Waals surface area contributed by atoms with Crippen LogP contribution in [0.4, 0.5) is 11.4 Å². The molecule has 1 aromatic rings. The molecule has 0 aliphatic carbocycles. The average Bonchev–Trinajstić information content (AvgIpc) is 3.28. The number of nitro groups is 1. The number of rotatable bonds is 5. The first kappa shape index (κ1) is 20.1. The summed E-state index contributed by atoms with van der Waals surface area (Å²) in [6.45, 7) is 7.87. The van der Waals surface area contributed by atoms with E-state index in [1.807, 2.05) is 0 Å². The predicted octanol–water partition coefficient (Wildman–Crippen LogP) is 2.38. The number of benzene rings is 1. The topological polar surface area (TPSA) is 79.2 Å². The summed E-state index contributed by atoms with van der Waals surface area (Å²) >= 11 is 0. The van der Waals surface area contributed by atoms with Gasteiger partial charge in [0.25, 0.3) is 11.6 Å². The molecule has 3 fully saturated rings. The highest BCUT2D eigenvalue weighted by Crippen LogP contribution is 2.30. The summed E-state index contributed by atoms with van der Waals surface area (Å²) in [4.78, 5) is 30.5. The monoisotopic (exact) mass is 402 g/mol. The van der Waals surface area contributed by atoms with E-state index in [1.165, 1.54) is 12.5 Å². The summed E-state index contributed by atoms with van der Waals surface area (Å²) in [6, 6.07) is 5.05. The highest BCUT2D eigenvalue weighted by Gasteiger charge is 2.29. The Morgan fingerprint density at radius 3 is 2.59 bits per heavy atom. The maximum atomic E-state index is 12.9. The number of carbonyl (C=O) groups is 1. The van der Waals surface area contributed by atoms with Crippen LogP contribution in [0.1, 0.15) is 36.0 Å². The summed E-state index contributed by atoms with van der Waals surface area (Å²) in [5.74, 6) is 0.354. The molecule has 3 saturated heterocycles. The molecule has 3 aliphatic heterocycles. The lowest BCUT2D eigenvalue weighted by Gasteiger charge is -2.38. The van der Waals surface area contributed by atoms with Gasteiger partial charge in [0.2, 0.25) is 0 Å². The number of likely N-dealkylation sites (tertiary alicyclic amines) is 1. The van der Waals surface area contributed by atoms with E-state index in [0.29, 0.717) is 19.0 Å². The van der Waals surface area contributed by atoms with Gasteiger partial charge in [0.1, 0.15) is 5.56 Å². The van der Waals surface area contributed by atoms with Crippen molar-refractivity contribution < 1.29 is 14.5 Å². The van der Waals surface area contributed by atoms with Crippen LogP contribution in [-0.2, 0) is 4.74 Å². The van der Waals surface area contributed by atoms with Gasteiger partial charge in [0.05, 0.1) is 18.1 Å². The molecular formula is C21H30N4O4. The SMILES string of the molecule is O=C(c1cc(N2CCCC(CN3CCOCC3)C2)ccc1[N+](=O)[O-])N1CCCC1. The van der Waals surface area contributed by atoms with Crippen LogP contribution in [0.25, 0.3) is 0 Å². The molecule has 3 heterocycles. The van der Waals surface area contributed by atoms with Crippen molar-refractivity contribution in [1.29, 1.82) is 0 Å². The quantitative estimate of drug-likeness (QED) is 0.556. The molecule has 8 nitrogen and oxygen atoms in total. The molecule has 3 aliphatic rings. The minimum Gasteiger partial charge on any atom is -0.379 e. The van der Waals surface area contributed by atoms with Gasteiger partial charge in [-0.25, -0.2) is 0 Å². The molecule has 8 heteroatoms. The number of morpholine rings is 1. The molecule has 0 bridgehead atoms. The molecule has 158 valence electrons. The fourth-order valence-corrected chi connectivity index (χ4v) is 4.74. The largest absolute Gasteiger partial charge is 0.379 e. The number of hydrogen-bond donors (Lipinski definition) is 0. The van der Waals surface area contributed by atoms with Crippen LogP contribution in [0.5, 0.6) is 0 Å². The van der Waals surface area contributed by atoms with E-state index in [-0.39, 0.29) is 17.2 Å². The maximum absolute atomic E-state index is 12.9. The summed E-state index contributed by atoms with van der Waals surface area (Å²) < 4.78 is 5.44. The lowest BCUT2D eigenvalue weighted by molar-refractivity contribution is -0.385. The van der Waals surface area contributed by atoms with Crippen LogP contribution in [0.3, 0.4) is 0 Å². The molecule has 1 unspecified atom stereocenters. The van der Waals surface area contributed by atoms with Crippen LogP contribution in [0.15, 0.2) is 18.2 Å². The van der Waals surface area contributed by atoms with E-state index >= 15 is 0 Å². The molecule has 1 atom stereocenters. The first-order valence-corrected chi connectivity index (χ1v) is 10.7. The Hall–Kier alpha value is -2.19. The molecule has 0 N–H and O–H groups in total. The van der Waals surface area contributed by atoms with Crippen molar-refractivity contribution >= 4 is 17.3 Å². The van der Waals surface area contributed by atoms with E-state index in [2.05, 4.69) is 9.80 Å². The van der Waals surface area contributed by atoms with Gasteiger partial charge >= 0.3 is 0 Å². The van der Waals surface area contributed by atoms with Gasteiger partial charge in [-0.05, 0) is 43.7 Å². The lowest BCUT2D eigenvalue weighted by Crippen LogP contribution is -2.44. The maximum Gasteiger partial charge on any atom is 0.282 e. The van der Waals surface area contributed by atoms with Crippen LogP contribution in [0.2, 0.25) is 0 Å². The number of ether oxygens (including phenoxy) is 1. The zero-order chi connectivity index (χ0) is 20.2. The average molecular weight is 402 g/mol. The standard InChI is InChI=1S/C21H30N4O4/c26-21(23-7-1-2-8-23)19-14-18(5-6-20(19)25(27)28)24-9-3-4-17(16-24)15-22-10-12-29-13-11-22/h5-6,14,17H,1-4,7-13,15-16H2. The number of hydrogen-bond acceptors (Lipinski definition) is 6. The Labute approximate surface area is 171 Å². The van der Waals surface area contributed by atoms with E-state index in [1.54, 1.807) is 17.0 Å². The Morgan fingerprint density at radius 1 is 1.10 bits per heavy atom. The Kier molecular flexibility index (Phi) is 6.30. The fourth-order valence-electron chi connectivity index (χ4n) is 4.74. The molecule has 0 saturated carbocycles. The summed E-state index contributed by atoms with van der Waals surface area (Å²) in [7, 11) is 0. The van der Waals surface area contributed by atoms with Crippen molar-refractivity contribution in [3.05, 3.63) is 33.9 Å². The number of nitrogens with zero attached hydrogens (tertiary/aromatic N) is 4. The minimum atomic E-state index is -0.440. The molecule has 0 radical (unpaired) electrons. The summed E-state index contributed by atoms with van der Waals surface area (Å²) in [5.41, 5.74) is 1.06. The van der Waals surface area contributed by atoms with E-state index in [0.717, 1.165) is 70.9 Å². The first-order chi connectivity index (χ1) is 14.1. The zero-order valence-electron chi connectivity index (χ0n) is 16.9. The smallest absolute Gasteiger partial charge is 0.282 e. The van der Waals surface area contributed by atoms with Crippen LogP contribution >= 0.6 is 0 Å². The number of amides is 1. The molecule has 0 aromatic heterocycles. The summed E-state index contributed by atoms with van der Waals surface area (Å²) in [6.07, 6.45) is 4.23. The predicted molar refractivity (Wildman–Crippen MR) is 110 cm³/mol. The van der Waals surface area contributed by atoms with Crippen molar-refractivity contribution in [2.45, 2.75) is 25.7 Å². The van der Waals surface area contributed by atoms with Gasteiger partial charge in [0, 0.05) is 57.6 Å². The zero-order valence-corrected chi connectivity index (χ0v) is 16.9. The van der Waals surface area contributed by atoms with Gasteiger partial charge < -0.3 is 14.5 Å². The van der Waals surface area contributed by atoms with Crippen LogP contribution < -0.4 is 4.90 Å². The molecular weight excluding hydrogens is 372 g/mol. The molecule has 1 amide bonds. The normalized spacial score (nSPS) is 23.4. The van der Waals surface area contributed by atoms with Crippen LogP contribution in [0, 0.1) is 16.0 Å². The lowest BCUT2D eigenvalue weighted by atomic mass is 9.96. The van der Waals surface area contributed by atoms with Gasteiger partial charge in [0.15, 0.2) is 0 Å². The second-order valence-electron chi connectivity index (χ2n) is 8.33. The first-order valence-electron chi connectivity index (χ1n) is 10.7. The Morgan fingerprint density at radius 2 is 1.86 bits per heavy atom. The molecule has 29 heavy (non-hydrogen) atoms. The van der Waals surface area contributed by atoms with Crippen LogP contribution in [-0.4, -0.2) is 79.7 Å². The molecule has 1 aromatic carbocycles. The van der Waals surface area contributed by atoms with Crippen molar-refractivity contribution in [1.82, 2.24) is 9.80 Å². The summed E-state index contributed by atoms with van der Waals surface area (Å²) in [5, 5.41) is 11.5. The van der Waals surface area contributed by atoms with Crippen molar-refractivity contribution in [3.63, 3.8) is 0 Å². The van der Waals surface area contributed by atoms with E-state index in [9.17, 15) is 14.9 Å². The second-order valence-corrected chi connectivity index (χ2v) is 8.33. The Bertz CT molecular complexity index is 744. The molecule has 4 rings (SSSR count). The van der Waals surface area contributed by atoms with Gasteiger partial charge in [-0.1, -0.05) is 0 Å². The Balaban J connectivity index is 1.50.